The lowest BCUT2D eigenvalue weighted by atomic mass is 10.1. The van der Waals surface area contributed by atoms with Crippen LogP contribution in [-0.4, -0.2) is 56.2 Å². The van der Waals surface area contributed by atoms with E-state index in [9.17, 15) is 0 Å². The quantitative estimate of drug-likeness (QED) is 0.438. The Labute approximate surface area is 111 Å². The first-order valence-electron chi connectivity index (χ1n) is 6.64. The van der Waals surface area contributed by atoms with Gasteiger partial charge in [-0.1, -0.05) is 17.7 Å². The summed E-state index contributed by atoms with van der Waals surface area (Å²) in [6, 6.07) is 0. The fraction of sp³-hybridized carbons (Fsp3) is 0.846. The maximum absolute atomic E-state index is 9.06. The average Bonchev–Trinajstić information content (AvgIpc) is 2.35. The van der Waals surface area contributed by atoms with Gasteiger partial charge in [0, 0.05) is 18.8 Å². The van der Waals surface area contributed by atoms with Crippen LogP contribution in [0.1, 0.15) is 32.6 Å². The normalized spacial score (nSPS) is 12.5. The van der Waals surface area contributed by atoms with Gasteiger partial charge in [-0.25, -0.2) is 0 Å². The van der Waals surface area contributed by atoms with Crippen molar-refractivity contribution in [3.63, 3.8) is 0 Å². The molecule has 0 aliphatic heterocycles. The van der Waals surface area contributed by atoms with E-state index in [-0.39, 0.29) is 0 Å². The van der Waals surface area contributed by atoms with Gasteiger partial charge in [-0.15, -0.1) is 0 Å². The lowest BCUT2D eigenvalue weighted by molar-refractivity contribution is -0.325. The summed E-state index contributed by atoms with van der Waals surface area (Å²) in [6.07, 6.45) is 6.38. The molecule has 0 rings (SSSR count). The second kappa shape index (κ2) is 11.5. The van der Waals surface area contributed by atoms with Crippen LogP contribution in [0.2, 0.25) is 0 Å². The molecule has 0 aromatic carbocycles. The zero-order valence-corrected chi connectivity index (χ0v) is 12.3. The van der Waals surface area contributed by atoms with Crippen molar-refractivity contribution in [2.24, 2.45) is 0 Å². The second-order valence-corrected chi connectivity index (χ2v) is 4.61. The molecule has 0 fully saturated rings. The molecule has 0 heterocycles. The Bertz CT molecular complexity index is 220. The molecule has 0 saturated heterocycles. The maximum Gasteiger partial charge on any atom is 0.0601 e. The third-order valence-electron chi connectivity index (χ3n) is 2.77. The van der Waals surface area contributed by atoms with E-state index >= 15 is 0 Å². The predicted octanol–water partition coefficient (Wildman–Crippen LogP) is 1.85. The first-order chi connectivity index (χ1) is 8.60. The molecule has 0 saturated carbocycles. The standard InChI is InChI=1S/C13H29N3O2/c1-5-13(14-10-12-15(2)3)9-7-6-8-11-16(17)18-4/h5,14,17H,6-12H2,1-4H3/b13-5-. The van der Waals surface area contributed by atoms with Crippen LogP contribution >= 0.6 is 0 Å². The molecule has 0 aliphatic carbocycles. The summed E-state index contributed by atoms with van der Waals surface area (Å²) >= 11 is 0. The van der Waals surface area contributed by atoms with Crippen LogP contribution in [0.4, 0.5) is 0 Å². The summed E-state index contributed by atoms with van der Waals surface area (Å²) < 4.78 is 0. The van der Waals surface area contributed by atoms with Crippen LogP contribution in [0.3, 0.4) is 0 Å². The average molecular weight is 259 g/mol. The van der Waals surface area contributed by atoms with E-state index in [1.807, 2.05) is 0 Å². The van der Waals surface area contributed by atoms with Gasteiger partial charge in [0.05, 0.1) is 13.7 Å². The highest BCUT2D eigenvalue weighted by atomic mass is 16.9. The van der Waals surface area contributed by atoms with Crippen molar-refractivity contribution in [3.05, 3.63) is 11.8 Å². The molecule has 0 atom stereocenters. The zero-order valence-electron chi connectivity index (χ0n) is 12.3. The second-order valence-electron chi connectivity index (χ2n) is 4.61. The van der Waals surface area contributed by atoms with Crippen LogP contribution < -0.4 is 5.32 Å². The number of hydrogen-bond donors (Lipinski definition) is 2. The Kier molecular flexibility index (Phi) is 11.1. The molecule has 0 aromatic rings. The largest absolute Gasteiger partial charge is 0.387 e. The third kappa shape index (κ3) is 10.5. The van der Waals surface area contributed by atoms with E-state index in [2.05, 4.69) is 42.1 Å². The van der Waals surface area contributed by atoms with Crippen molar-refractivity contribution in [1.29, 1.82) is 0 Å². The van der Waals surface area contributed by atoms with E-state index in [1.54, 1.807) is 0 Å². The molecule has 0 bridgehead atoms. The Hall–Kier alpha value is -0.620. The van der Waals surface area contributed by atoms with Crippen LogP contribution in [0.15, 0.2) is 11.8 Å². The van der Waals surface area contributed by atoms with Crippen molar-refractivity contribution in [3.8, 4) is 0 Å². The number of rotatable bonds is 11. The Balaban J connectivity index is 3.51. The first kappa shape index (κ1) is 17.4. The molecular weight excluding hydrogens is 230 g/mol. The highest BCUT2D eigenvalue weighted by Crippen LogP contribution is 2.07. The molecule has 5 nitrogen and oxygen atoms in total. The fourth-order valence-corrected chi connectivity index (χ4v) is 1.61. The van der Waals surface area contributed by atoms with Crippen LogP contribution in [-0.2, 0) is 4.84 Å². The summed E-state index contributed by atoms with van der Waals surface area (Å²) in [4.78, 5) is 6.80. The van der Waals surface area contributed by atoms with E-state index in [0.717, 1.165) is 44.0 Å². The van der Waals surface area contributed by atoms with E-state index < -0.39 is 0 Å². The number of allylic oxidation sites excluding steroid dienone is 2. The molecule has 18 heavy (non-hydrogen) atoms. The predicted molar refractivity (Wildman–Crippen MR) is 74.3 cm³/mol. The van der Waals surface area contributed by atoms with E-state index in [0.29, 0.717) is 6.54 Å². The minimum atomic E-state index is 0.565. The van der Waals surface area contributed by atoms with Crippen molar-refractivity contribution < 1.29 is 10.0 Å². The number of nitrogens with zero attached hydrogens (tertiary/aromatic N) is 2. The molecule has 0 aromatic heterocycles. The summed E-state index contributed by atoms with van der Waals surface area (Å²) in [5.74, 6) is 0. The first-order valence-corrected chi connectivity index (χ1v) is 6.64. The van der Waals surface area contributed by atoms with Gasteiger partial charge in [0.15, 0.2) is 0 Å². The van der Waals surface area contributed by atoms with Crippen molar-refractivity contribution in [1.82, 2.24) is 15.4 Å². The van der Waals surface area contributed by atoms with Gasteiger partial charge in [0.25, 0.3) is 0 Å². The Morgan fingerprint density at radius 2 is 1.94 bits per heavy atom. The number of likely N-dealkylation sites (N-methyl/N-ethyl adjacent to an activating group) is 1. The molecule has 0 aliphatic rings. The third-order valence-corrected chi connectivity index (χ3v) is 2.77. The number of hydrogen-bond acceptors (Lipinski definition) is 5. The summed E-state index contributed by atoms with van der Waals surface area (Å²) in [5, 5.41) is 13.4. The van der Waals surface area contributed by atoms with Gasteiger partial charge in [-0.3, -0.25) is 10.0 Å². The SMILES string of the molecule is C/C=C(/CCCCCN(O)OC)NCCN(C)C. The van der Waals surface area contributed by atoms with Crippen molar-refractivity contribution in [2.75, 3.05) is 40.8 Å². The van der Waals surface area contributed by atoms with E-state index in [1.165, 1.54) is 12.8 Å². The van der Waals surface area contributed by atoms with Gasteiger partial charge in [0.2, 0.25) is 0 Å². The minimum Gasteiger partial charge on any atom is -0.387 e. The lowest BCUT2D eigenvalue weighted by Gasteiger charge is -2.14. The Morgan fingerprint density at radius 1 is 1.22 bits per heavy atom. The van der Waals surface area contributed by atoms with Crippen molar-refractivity contribution in [2.45, 2.75) is 32.6 Å². The molecule has 0 radical (unpaired) electrons. The van der Waals surface area contributed by atoms with Crippen LogP contribution in [0.5, 0.6) is 0 Å². The van der Waals surface area contributed by atoms with Crippen LogP contribution in [0, 0.1) is 0 Å². The van der Waals surface area contributed by atoms with Gasteiger partial charge in [0.1, 0.15) is 0 Å². The molecule has 108 valence electrons. The minimum absolute atomic E-state index is 0.565. The van der Waals surface area contributed by atoms with Gasteiger partial charge >= 0.3 is 0 Å². The molecule has 2 N–H and O–H groups in total. The molecule has 0 amide bonds. The summed E-state index contributed by atoms with van der Waals surface area (Å²) in [7, 11) is 5.62. The summed E-state index contributed by atoms with van der Waals surface area (Å²) in [5.41, 5.74) is 1.31. The highest BCUT2D eigenvalue weighted by Gasteiger charge is 1.99. The number of unbranched alkanes of at least 4 members (excludes halogenated alkanes) is 2. The topological polar surface area (TPSA) is 48.0 Å². The van der Waals surface area contributed by atoms with Crippen LogP contribution in [0.25, 0.3) is 0 Å². The maximum atomic E-state index is 9.06. The monoisotopic (exact) mass is 259 g/mol. The fourth-order valence-electron chi connectivity index (χ4n) is 1.61. The molecule has 0 spiro atoms. The molecule has 0 unspecified atom stereocenters. The van der Waals surface area contributed by atoms with Crippen molar-refractivity contribution >= 4 is 0 Å². The van der Waals surface area contributed by atoms with E-state index in [4.69, 9.17) is 5.21 Å². The molecular formula is C13H29N3O2. The van der Waals surface area contributed by atoms with Gasteiger partial charge in [-0.2, -0.15) is 0 Å². The number of nitrogens with one attached hydrogen (secondary N) is 1. The summed E-state index contributed by atoms with van der Waals surface area (Å²) in [6.45, 7) is 4.67. The smallest absolute Gasteiger partial charge is 0.0601 e. The zero-order chi connectivity index (χ0) is 13.8. The number of hydroxylamine groups is 2. The van der Waals surface area contributed by atoms with Gasteiger partial charge < -0.3 is 10.2 Å². The highest BCUT2D eigenvalue weighted by molar-refractivity contribution is 4.97. The Morgan fingerprint density at radius 3 is 2.50 bits per heavy atom. The van der Waals surface area contributed by atoms with Gasteiger partial charge in [-0.05, 0) is 40.3 Å². The lowest BCUT2D eigenvalue weighted by Crippen LogP contribution is -2.26. The molecule has 5 heteroatoms.